The number of aromatic nitrogens is 6. The van der Waals surface area contributed by atoms with Crippen molar-refractivity contribution in [1.29, 1.82) is 0 Å². The van der Waals surface area contributed by atoms with E-state index in [2.05, 4.69) is 25.9 Å². The van der Waals surface area contributed by atoms with Crippen molar-refractivity contribution in [3.05, 3.63) is 40.2 Å². The average Bonchev–Trinajstić information content (AvgIpc) is 3.27. The number of hydrogen-bond acceptors (Lipinski definition) is 5. The lowest BCUT2D eigenvalue weighted by molar-refractivity contribution is -0.116. The van der Waals surface area contributed by atoms with E-state index in [1.54, 1.807) is 29.7 Å². The number of nitrogens with one attached hydrogen (secondary N) is 2. The standard InChI is InChI=1S/C18H23ClN8O2/c1-10-16(19)12(3)27(24-10)7-6-15(28)22-14-9-21-26(5)17(14)18(29)23-13-8-20-25(4)11(13)2/h8-9H,6-7H2,1-5H3,(H,22,28)(H,23,29). The molecule has 10 nitrogen and oxygen atoms in total. The van der Waals surface area contributed by atoms with E-state index in [0.29, 0.717) is 22.9 Å². The number of nitrogens with zero attached hydrogens (tertiary/aromatic N) is 6. The number of anilines is 2. The van der Waals surface area contributed by atoms with Crippen molar-refractivity contribution in [3.63, 3.8) is 0 Å². The molecule has 0 spiro atoms. The van der Waals surface area contributed by atoms with Crippen LogP contribution in [0.5, 0.6) is 0 Å². The molecule has 0 saturated carbocycles. The van der Waals surface area contributed by atoms with E-state index in [4.69, 9.17) is 11.6 Å². The van der Waals surface area contributed by atoms with Crippen LogP contribution in [0.4, 0.5) is 11.4 Å². The SMILES string of the molecule is Cc1nn(CCC(=O)Nc2cnn(C)c2C(=O)Nc2cnn(C)c2C)c(C)c1Cl. The number of hydrogen-bond donors (Lipinski definition) is 2. The summed E-state index contributed by atoms with van der Waals surface area (Å²) < 4.78 is 4.77. The fraction of sp³-hybridized carbons (Fsp3) is 0.389. The molecule has 0 bridgehead atoms. The Balaban J connectivity index is 1.68. The first-order valence-electron chi connectivity index (χ1n) is 9.00. The molecule has 0 aromatic carbocycles. The van der Waals surface area contributed by atoms with Gasteiger partial charge in [-0.05, 0) is 20.8 Å². The van der Waals surface area contributed by atoms with Crippen LogP contribution in [0.25, 0.3) is 0 Å². The summed E-state index contributed by atoms with van der Waals surface area (Å²) in [6.45, 7) is 5.89. The van der Waals surface area contributed by atoms with Gasteiger partial charge in [0.15, 0.2) is 0 Å². The first-order chi connectivity index (χ1) is 13.7. The third kappa shape index (κ3) is 4.16. The van der Waals surface area contributed by atoms with Crippen molar-refractivity contribution >= 4 is 34.8 Å². The summed E-state index contributed by atoms with van der Waals surface area (Å²) in [6.07, 6.45) is 3.19. The van der Waals surface area contributed by atoms with Crippen LogP contribution in [0.15, 0.2) is 12.4 Å². The Morgan fingerprint density at radius 3 is 2.24 bits per heavy atom. The first-order valence-corrected chi connectivity index (χ1v) is 9.38. The van der Waals surface area contributed by atoms with Gasteiger partial charge in [0.2, 0.25) is 5.91 Å². The minimum Gasteiger partial charge on any atom is -0.323 e. The average molecular weight is 419 g/mol. The Hall–Kier alpha value is -3.14. The lowest BCUT2D eigenvalue weighted by atomic mass is 10.3. The summed E-state index contributed by atoms with van der Waals surface area (Å²) in [5.41, 5.74) is 3.53. The fourth-order valence-electron chi connectivity index (χ4n) is 2.91. The molecule has 0 aliphatic rings. The molecular weight excluding hydrogens is 396 g/mol. The van der Waals surface area contributed by atoms with Gasteiger partial charge in [0.05, 0.1) is 52.4 Å². The second-order valence-electron chi connectivity index (χ2n) is 6.76. The van der Waals surface area contributed by atoms with Crippen LogP contribution in [0.2, 0.25) is 5.02 Å². The minimum atomic E-state index is -0.387. The topological polar surface area (TPSA) is 112 Å². The van der Waals surface area contributed by atoms with Gasteiger partial charge in [0.1, 0.15) is 5.69 Å². The lowest BCUT2D eigenvalue weighted by Gasteiger charge is -2.09. The Kier molecular flexibility index (Phi) is 5.73. The van der Waals surface area contributed by atoms with Gasteiger partial charge >= 0.3 is 0 Å². The van der Waals surface area contributed by atoms with E-state index < -0.39 is 0 Å². The molecule has 0 unspecified atom stereocenters. The molecule has 3 aromatic heterocycles. The Bertz CT molecular complexity index is 1080. The molecule has 11 heteroatoms. The van der Waals surface area contributed by atoms with Crippen LogP contribution in [0.3, 0.4) is 0 Å². The Morgan fingerprint density at radius 1 is 1.00 bits per heavy atom. The van der Waals surface area contributed by atoms with E-state index in [9.17, 15) is 9.59 Å². The largest absolute Gasteiger partial charge is 0.323 e. The van der Waals surface area contributed by atoms with Crippen LogP contribution < -0.4 is 10.6 Å². The van der Waals surface area contributed by atoms with Gasteiger partial charge in [-0.2, -0.15) is 15.3 Å². The zero-order valence-electron chi connectivity index (χ0n) is 16.9. The normalized spacial score (nSPS) is 11.0. The molecule has 0 saturated heterocycles. The maximum atomic E-state index is 12.7. The van der Waals surface area contributed by atoms with Crippen molar-refractivity contribution < 1.29 is 9.59 Å². The smallest absolute Gasteiger partial charge is 0.276 e. The molecule has 0 aliphatic heterocycles. The predicted octanol–water partition coefficient (Wildman–Crippen LogP) is 2.21. The van der Waals surface area contributed by atoms with E-state index in [-0.39, 0.29) is 23.9 Å². The molecule has 2 N–H and O–H groups in total. The molecule has 2 amide bonds. The highest BCUT2D eigenvalue weighted by Crippen LogP contribution is 2.20. The van der Waals surface area contributed by atoms with Crippen molar-refractivity contribution in [2.24, 2.45) is 14.1 Å². The van der Waals surface area contributed by atoms with Crippen molar-refractivity contribution in [2.75, 3.05) is 10.6 Å². The summed E-state index contributed by atoms with van der Waals surface area (Å²) >= 11 is 6.14. The molecule has 0 aliphatic carbocycles. The molecule has 29 heavy (non-hydrogen) atoms. The number of carbonyl (C=O) groups is 2. The summed E-state index contributed by atoms with van der Waals surface area (Å²) in [4.78, 5) is 25.2. The molecule has 0 fully saturated rings. The van der Waals surface area contributed by atoms with Crippen molar-refractivity contribution in [1.82, 2.24) is 29.3 Å². The number of amides is 2. The van der Waals surface area contributed by atoms with E-state index >= 15 is 0 Å². The van der Waals surface area contributed by atoms with Gasteiger partial charge in [-0.15, -0.1) is 0 Å². The number of halogens is 1. The summed E-state index contributed by atoms with van der Waals surface area (Å²) in [7, 11) is 3.43. The van der Waals surface area contributed by atoms with Gasteiger partial charge in [-0.1, -0.05) is 11.6 Å². The van der Waals surface area contributed by atoms with Gasteiger partial charge in [-0.3, -0.25) is 23.6 Å². The van der Waals surface area contributed by atoms with E-state index in [1.165, 1.54) is 10.9 Å². The number of carbonyl (C=O) groups excluding carboxylic acids is 2. The highest BCUT2D eigenvalue weighted by Gasteiger charge is 2.20. The Labute approximate surface area is 172 Å². The zero-order chi connectivity index (χ0) is 21.3. The lowest BCUT2D eigenvalue weighted by Crippen LogP contribution is -2.21. The van der Waals surface area contributed by atoms with Crippen LogP contribution in [0, 0.1) is 20.8 Å². The fourth-order valence-corrected chi connectivity index (χ4v) is 3.05. The molecule has 0 atom stereocenters. The maximum Gasteiger partial charge on any atom is 0.276 e. The van der Waals surface area contributed by atoms with Crippen molar-refractivity contribution in [2.45, 2.75) is 33.7 Å². The van der Waals surface area contributed by atoms with Gasteiger partial charge in [0, 0.05) is 20.5 Å². The molecular formula is C18H23ClN8O2. The highest BCUT2D eigenvalue weighted by molar-refractivity contribution is 6.31. The second-order valence-corrected chi connectivity index (χ2v) is 7.14. The predicted molar refractivity (Wildman–Crippen MR) is 109 cm³/mol. The minimum absolute atomic E-state index is 0.177. The molecule has 3 heterocycles. The maximum absolute atomic E-state index is 12.7. The molecule has 0 radical (unpaired) electrons. The number of aryl methyl sites for hydroxylation is 4. The van der Waals surface area contributed by atoms with Crippen LogP contribution in [-0.4, -0.2) is 41.2 Å². The highest BCUT2D eigenvalue weighted by atomic mass is 35.5. The zero-order valence-corrected chi connectivity index (χ0v) is 17.7. The van der Waals surface area contributed by atoms with Gasteiger partial charge in [0.25, 0.3) is 5.91 Å². The molecule has 3 aromatic rings. The van der Waals surface area contributed by atoms with E-state index in [1.807, 2.05) is 20.8 Å². The second kappa shape index (κ2) is 8.08. The summed E-state index contributed by atoms with van der Waals surface area (Å²) in [6, 6.07) is 0. The molecule has 154 valence electrons. The van der Waals surface area contributed by atoms with Crippen LogP contribution in [0.1, 0.15) is 34.0 Å². The van der Waals surface area contributed by atoms with Crippen LogP contribution >= 0.6 is 11.6 Å². The monoisotopic (exact) mass is 418 g/mol. The first kappa shape index (κ1) is 20.6. The van der Waals surface area contributed by atoms with Crippen LogP contribution in [-0.2, 0) is 25.4 Å². The molecule has 3 rings (SSSR count). The van der Waals surface area contributed by atoms with Gasteiger partial charge < -0.3 is 10.6 Å². The summed E-state index contributed by atoms with van der Waals surface area (Å²) in [5, 5.41) is 18.7. The summed E-state index contributed by atoms with van der Waals surface area (Å²) in [5.74, 6) is -0.644. The third-order valence-electron chi connectivity index (χ3n) is 4.76. The van der Waals surface area contributed by atoms with Gasteiger partial charge in [-0.25, -0.2) is 0 Å². The quantitative estimate of drug-likeness (QED) is 0.637. The van der Waals surface area contributed by atoms with Crippen molar-refractivity contribution in [3.8, 4) is 0 Å². The number of rotatable bonds is 6. The Morgan fingerprint density at radius 2 is 1.66 bits per heavy atom. The van der Waals surface area contributed by atoms with E-state index in [0.717, 1.165) is 17.1 Å². The third-order valence-corrected chi connectivity index (χ3v) is 5.30.